The van der Waals surface area contributed by atoms with Gasteiger partial charge in [0.05, 0.1) is 22.6 Å². The monoisotopic (exact) mass is 1870 g/mol. The summed E-state index contributed by atoms with van der Waals surface area (Å²) in [5, 5.41) is 114. The van der Waals surface area contributed by atoms with Gasteiger partial charge in [-0.15, -0.1) is 0 Å². The Morgan fingerprint density at radius 1 is 0.617 bits per heavy atom. The number of nitrogens with zero attached hydrogens (tertiary/aromatic N) is 1. The van der Waals surface area contributed by atoms with Gasteiger partial charge in [0.15, 0.2) is 17.9 Å². The predicted molar refractivity (Wildman–Crippen MR) is 454 cm³/mol. The van der Waals surface area contributed by atoms with Crippen LogP contribution in [0.4, 0.5) is 0 Å². The number of benzene rings is 2. The molecule has 3 heterocycles. The average Bonchev–Trinajstić information content (AvgIpc) is 0.954. The maximum atomic E-state index is 15.4. The fraction of sp³-hybridized carbons (Fsp3) is 0.577. The Bertz CT molecular complexity index is 3990. The normalized spacial score (nSPS) is 23.7. The van der Waals surface area contributed by atoms with E-state index < -0.39 is 233 Å². The summed E-state index contributed by atoms with van der Waals surface area (Å²) >= 11 is 1.83. The lowest BCUT2D eigenvalue weighted by Crippen LogP contribution is -2.64. The molecule has 0 aromatic heterocycles. The first kappa shape index (κ1) is 100. The van der Waals surface area contributed by atoms with Gasteiger partial charge in [0.1, 0.15) is 84.0 Å². The number of fused-ring (bicyclic) bond motifs is 9. The van der Waals surface area contributed by atoms with E-state index in [-0.39, 0.29) is 121 Å². The van der Waals surface area contributed by atoms with Gasteiger partial charge in [0.2, 0.25) is 76.8 Å². The molecule has 3 aliphatic heterocycles. The van der Waals surface area contributed by atoms with Crippen molar-refractivity contribution in [3.8, 4) is 11.5 Å². The van der Waals surface area contributed by atoms with Gasteiger partial charge in [-0.05, 0) is 156 Å². The Balaban J connectivity index is 1.82. The van der Waals surface area contributed by atoms with E-state index in [4.69, 9.17) is 44.9 Å². The summed E-state index contributed by atoms with van der Waals surface area (Å²) in [6.45, 7) is 2.73. The number of carbonyl (C=O) groups excluding carboxylic acids is 13. The summed E-state index contributed by atoms with van der Waals surface area (Å²) in [7, 11) is 3.16. The number of aliphatic carboxylic acids is 2. The van der Waals surface area contributed by atoms with Crippen molar-refractivity contribution in [1.29, 1.82) is 16.2 Å². The SMILES string of the molecule is C[C@@H](O)[C@@H]1NC(=O)[C@H]2NC(=O)[C@H](NC(=O)CN)CSSC[C@H](NC(=O)[C@H](CCCNC(=N)N)NC(=O)[C@@H]3CCCN3C(=O)[C@H](CC(=O)O)NC1=O)C(=O)N[C@@H](CCCNC(=N)N)C(=O)N[C@@H](Cc1ccc(O)c(I)c1)C(=O)N[C@@H](CCCN)C(=O)N[C@H](C(=O)N[C@H](CC(=O)N[C@H](CCCNC(=N)N)C(=O)O)Cc1ccc(O)cc1)CSSC2(C)C. The lowest BCUT2D eigenvalue weighted by molar-refractivity contribution is -0.146. The van der Waals surface area contributed by atoms with Crippen molar-refractivity contribution < 1.29 is 97.5 Å². The molecule has 664 valence electrons. The van der Waals surface area contributed by atoms with Crippen molar-refractivity contribution in [2.24, 2.45) is 28.7 Å². The van der Waals surface area contributed by atoms with Gasteiger partial charge < -0.3 is 139 Å². The first-order valence-electron chi connectivity index (χ1n) is 38.2. The van der Waals surface area contributed by atoms with Crippen molar-refractivity contribution in [2.75, 3.05) is 56.5 Å². The Morgan fingerprint density at radius 3 is 1.75 bits per heavy atom. The third-order valence-corrected chi connectivity index (χ3v) is 25.4. The van der Waals surface area contributed by atoms with Crippen LogP contribution in [-0.4, -0.2) is 283 Å². The summed E-state index contributed by atoms with van der Waals surface area (Å²) in [4.78, 5) is 220. The number of aliphatic hydroxyl groups is 1. The number of nitrogens with two attached hydrogens (primary N) is 5. The van der Waals surface area contributed by atoms with Crippen molar-refractivity contribution in [3.63, 3.8) is 0 Å². The van der Waals surface area contributed by atoms with Crippen molar-refractivity contribution >= 4 is 172 Å². The molecular weight excluding hydrogens is 1760 g/mol. The van der Waals surface area contributed by atoms with Crippen LogP contribution in [-0.2, 0) is 84.8 Å². The number of phenols is 2. The molecule has 3 fully saturated rings. The quantitative estimate of drug-likeness (QED) is 0.0114. The molecule has 0 spiro atoms. The number of halogens is 1. The molecule has 44 nitrogen and oxygen atoms in total. The topological polar surface area (TPSA) is 743 Å². The maximum Gasteiger partial charge on any atom is 0.326 e. The molecule has 2 aromatic rings. The van der Waals surface area contributed by atoms with E-state index >= 15 is 38.4 Å². The molecule has 2 bridgehead atoms. The van der Waals surface area contributed by atoms with Gasteiger partial charge in [-0.3, -0.25) is 83.4 Å². The van der Waals surface area contributed by atoms with Gasteiger partial charge in [-0.25, -0.2) is 4.79 Å². The Hall–Kier alpha value is -10.1. The first-order valence-corrected chi connectivity index (χ1v) is 44.1. The lowest BCUT2D eigenvalue weighted by atomic mass is 10.00. The first-order chi connectivity index (χ1) is 56.7. The van der Waals surface area contributed by atoms with E-state index in [1.807, 2.05) is 22.6 Å². The van der Waals surface area contributed by atoms with Crippen LogP contribution < -0.4 is 108 Å². The van der Waals surface area contributed by atoms with E-state index in [1.165, 1.54) is 56.3 Å². The number of hydrogen-bond acceptors (Lipinski definition) is 27. The van der Waals surface area contributed by atoms with Gasteiger partial charge in [0, 0.05) is 67.1 Å². The second-order valence-corrected chi connectivity index (χ2v) is 35.6. The van der Waals surface area contributed by atoms with Crippen LogP contribution in [0, 0.1) is 19.8 Å². The molecule has 3 saturated heterocycles. The lowest BCUT2D eigenvalue weighted by Gasteiger charge is -2.35. The number of guanidine groups is 3. The number of phenolic OH excluding ortho intramolecular Hbond substituents is 2. The summed E-state index contributed by atoms with van der Waals surface area (Å²) in [6, 6.07) is -12.5. The number of aliphatic hydroxyl groups excluding tert-OH is 1. The second kappa shape index (κ2) is 50.2. The number of carboxylic acid groups (broad SMARTS) is 2. The van der Waals surface area contributed by atoms with Crippen LogP contribution in [0.3, 0.4) is 0 Å². The number of carboxylic acids is 2. The zero-order chi connectivity index (χ0) is 89.1. The molecule has 0 radical (unpaired) electrons. The van der Waals surface area contributed by atoms with Crippen LogP contribution in [0.2, 0.25) is 0 Å². The summed E-state index contributed by atoms with van der Waals surface area (Å²) in [5.41, 5.74) is 29.2. The minimum Gasteiger partial charge on any atom is -0.508 e. The average molecular weight is 1870 g/mol. The molecule has 5 rings (SSSR count). The zero-order valence-corrected chi connectivity index (χ0v) is 71.5. The van der Waals surface area contributed by atoms with E-state index in [1.54, 1.807) is 0 Å². The van der Waals surface area contributed by atoms with Gasteiger partial charge >= 0.3 is 11.9 Å². The molecular formula is C71H109IN24O20S4. The maximum absolute atomic E-state index is 15.4. The van der Waals surface area contributed by atoms with Crippen LogP contribution >= 0.6 is 65.8 Å². The van der Waals surface area contributed by atoms with E-state index in [0.717, 1.165) is 55.0 Å². The minimum atomic E-state index is -2.11. The highest BCUT2D eigenvalue weighted by atomic mass is 127. The molecule has 49 heteroatoms. The van der Waals surface area contributed by atoms with E-state index in [0.29, 0.717) is 14.7 Å². The highest BCUT2D eigenvalue weighted by Gasteiger charge is 2.45. The summed E-state index contributed by atoms with van der Waals surface area (Å²) in [5.74, 6) is -20.4. The highest BCUT2D eigenvalue weighted by molar-refractivity contribution is 14.1. The van der Waals surface area contributed by atoms with Gasteiger partial charge in [0.25, 0.3) is 0 Å². The zero-order valence-electron chi connectivity index (χ0n) is 66.1. The van der Waals surface area contributed by atoms with Gasteiger partial charge in [-0.1, -0.05) is 61.4 Å². The number of carbonyl (C=O) groups is 15. The van der Waals surface area contributed by atoms with Crippen molar-refractivity contribution in [1.82, 2.24) is 84.7 Å². The van der Waals surface area contributed by atoms with Crippen LogP contribution in [0.1, 0.15) is 109 Å². The Labute approximate surface area is 720 Å². The number of nitrogens with one attached hydrogen (secondary N) is 18. The van der Waals surface area contributed by atoms with Gasteiger partial charge in [-0.2, -0.15) is 0 Å². The molecule has 3 aliphatic rings. The molecule has 14 atom stereocenters. The Morgan fingerprint density at radius 2 is 1.17 bits per heavy atom. The van der Waals surface area contributed by atoms with Crippen LogP contribution in [0.5, 0.6) is 11.5 Å². The minimum absolute atomic E-state index is 0.000356. The van der Waals surface area contributed by atoms with E-state index in [2.05, 4.69) is 79.8 Å². The third kappa shape index (κ3) is 34.2. The molecule has 33 N–H and O–H groups in total. The smallest absolute Gasteiger partial charge is 0.326 e. The van der Waals surface area contributed by atoms with Crippen LogP contribution in [0.15, 0.2) is 42.5 Å². The summed E-state index contributed by atoms with van der Waals surface area (Å²) in [6.07, 6.45) is -5.24. The molecule has 2 aromatic carbocycles. The second-order valence-electron chi connectivity index (χ2n) is 28.9. The highest BCUT2D eigenvalue weighted by Crippen LogP contribution is 2.39. The predicted octanol–water partition coefficient (Wildman–Crippen LogP) is -6.32. The number of amides is 13. The largest absolute Gasteiger partial charge is 0.508 e. The summed E-state index contributed by atoms with van der Waals surface area (Å²) < 4.78 is -1.48. The molecule has 13 amide bonds. The molecule has 120 heavy (non-hydrogen) atoms. The molecule has 0 saturated carbocycles. The number of aromatic hydroxyl groups is 2. The molecule has 0 unspecified atom stereocenters. The van der Waals surface area contributed by atoms with E-state index in [9.17, 15) is 59.1 Å². The number of hydrogen-bond donors (Lipinski definition) is 28. The van der Waals surface area contributed by atoms with Crippen molar-refractivity contribution in [2.45, 2.75) is 200 Å². The number of rotatable bonds is 30. The fourth-order valence-corrected chi connectivity index (χ4v) is 18.2. The van der Waals surface area contributed by atoms with Crippen LogP contribution in [0.25, 0.3) is 0 Å². The van der Waals surface area contributed by atoms with Crippen molar-refractivity contribution in [3.05, 3.63) is 57.2 Å². The third-order valence-electron chi connectivity index (χ3n) is 18.8. The standard InChI is InChI=1S/C71H109IN24O20S4/c1-34(97)54-64(112)91-45(29-53(102)103)66(114)96-24-8-13-49(96)63(111)89-42(11-6-22-82-69(77)78)58(106)92-47-32-118-117-31-46(86-52(101)30-74)62(110)95-55(65(113)94-54)71(2,3)120-119-33-48(60(108)84-37(25-35-14-17-38(98)18-15-35)28-51(100)85-43(67(115)116)12-7-23-83-70(79)80)93-57(105)40(9-4-20-73)87-59(107)44(27-36-16-19-50(99)39(72)26-36)90-56(104)41(88-61(47)109)10-5-21-81-68(75)76/h14-19,26,34,37,40-49,54-55,97-99H,4-13,20-25,27-33,73-74H2,1-3H3,(H,84,108)(H,85,100)(H,86,101)(H,87,107)(H,88,109)(H,89,111)(H,90,104)(H,91,112)(H,92,106)(H,93,105)(H,94,113)(H,95,110)(H,102,103)(H,115,116)(H4,75,76,81)(H4,77,78,82)(H4,79,80,83)/t34-,37+,40+,41+,42+,43-,44+,45+,46-,47+,48+,49+,54+,55-/m1/s1. The molecule has 0 aliphatic carbocycles. The Kier molecular flexibility index (Phi) is 42.0. The fourth-order valence-electron chi connectivity index (χ4n) is 12.5.